The van der Waals surface area contributed by atoms with Crippen molar-refractivity contribution in [1.29, 1.82) is 0 Å². The Morgan fingerprint density at radius 3 is 2.44 bits per heavy atom. The Bertz CT molecular complexity index is 788. The van der Waals surface area contributed by atoms with Gasteiger partial charge in [-0.2, -0.15) is 10.1 Å². The number of halogens is 1. The molecule has 0 saturated carbocycles. The minimum Gasteiger partial charge on any atom is -0.338 e. The summed E-state index contributed by atoms with van der Waals surface area (Å²) in [4.78, 5) is 9.73. The van der Waals surface area contributed by atoms with E-state index in [2.05, 4.69) is 49.6 Å². The molecule has 6 heteroatoms. The molecule has 1 aromatic carbocycles. The molecule has 0 unspecified atom stereocenters. The molecule has 0 radical (unpaired) electrons. The van der Waals surface area contributed by atoms with Crippen molar-refractivity contribution in [2.45, 2.75) is 40.5 Å². The van der Waals surface area contributed by atoms with Crippen LogP contribution >= 0.6 is 11.6 Å². The number of hydrazone groups is 1. The molecule has 1 fully saturated rings. The fraction of sp³-hybridized carbons (Fsp3) is 0.524. The number of rotatable bonds is 3. The quantitative estimate of drug-likeness (QED) is 0.697. The zero-order chi connectivity index (χ0) is 19.6. The van der Waals surface area contributed by atoms with E-state index in [1.165, 1.54) is 5.57 Å². The molecule has 2 aliphatic rings. The average molecular weight is 388 g/mol. The summed E-state index contributed by atoms with van der Waals surface area (Å²) in [5.74, 6) is 0.925. The van der Waals surface area contributed by atoms with E-state index in [0.29, 0.717) is 0 Å². The van der Waals surface area contributed by atoms with Crippen LogP contribution in [0.2, 0.25) is 5.02 Å². The number of likely N-dealkylation sites (N-methyl/N-ethyl adjacent to an activating group) is 1. The Hall–Kier alpha value is -1.85. The summed E-state index contributed by atoms with van der Waals surface area (Å²) in [6, 6.07) is 5.95. The lowest BCUT2D eigenvalue weighted by Gasteiger charge is -2.40. The van der Waals surface area contributed by atoms with Gasteiger partial charge in [-0.1, -0.05) is 25.4 Å². The minimum absolute atomic E-state index is 0.726. The Morgan fingerprint density at radius 2 is 1.81 bits per heavy atom. The van der Waals surface area contributed by atoms with Crippen LogP contribution in [0.3, 0.4) is 0 Å². The van der Waals surface area contributed by atoms with Gasteiger partial charge in [0.05, 0.1) is 11.4 Å². The predicted molar refractivity (Wildman–Crippen MR) is 116 cm³/mol. The van der Waals surface area contributed by atoms with Crippen molar-refractivity contribution in [1.82, 2.24) is 14.8 Å². The van der Waals surface area contributed by atoms with Gasteiger partial charge in [-0.05, 0) is 57.5 Å². The van der Waals surface area contributed by atoms with Gasteiger partial charge in [0, 0.05) is 42.5 Å². The molecule has 1 saturated heterocycles. The molecule has 3 rings (SSSR count). The van der Waals surface area contributed by atoms with Crippen molar-refractivity contribution in [3.8, 4) is 0 Å². The van der Waals surface area contributed by atoms with Crippen molar-refractivity contribution < 1.29 is 0 Å². The third-order valence-electron chi connectivity index (χ3n) is 5.34. The fourth-order valence-corrected chi connectivity index (χ4v) is 3.46. The van der Waals surface area contributed by atoms with Crippen LogP contribution in [0, 0.1) is 0 Å². The van der Waals surface area contributed by atoms with Crippen molar-refractivity contribution in [3.05, 3.63) is 34.4 Å². The molecule has 146 valence electrons. The van der Waals surface area contributed by atoms with Gasteiger partial charge >= 0.3 is 0 Å². The summed E-state index contributed by atoms with van der Waals surface area (Å²) >= 11 is 6.33. The Morgan fingerprint density at radius 1 is 1.11 bits per heavy atom. The molecule has 1 aromatic rings. The SMILES string of the molecule is CC/C(C)=N/N1C(N2CCN(C)CC2)=Nc2ccc(Cl)cc2/C1=C(/C)CC. The lowest BCUT2D eigenvalue weighted by Crippen LogP contribution is -2.51. The predicted octanol–water partition coefficient (Wildman–Crippen LogP) is 4.82. The first kappa shape index (κ1) is 19.9. The maximum absolute atomic E-state index is 6.33. The van der Waals surface area contributed by atoms with Crippen LogP contribution in [0.5, 0.6) is 0 Å². The second kappa shape index (κ2) is 8.44. The van der Waals surface area contributed by atoms with Crippen LogP contribution in [0.25, 0.3) is 5.70 Å². The third kappa shape index (κ3) is 4.19. The Balaban J connectivity index is 2.17. The number of aliphatic imine (C=N–C) groups is 1. The number of piperazine rings is 1. The summed E-state index contributed by atoms with van der Waals surface area (Å²) < 4.78 is 0. The standard InChI is InChI=1S/C21H30ClN5/c1-6-15(3)20-18-14-17(22)8-9-19(18)23-21(27(20)24-16(4)7-2)26-12-10-25(5)11-13-26/h8-9,14H,6-7,10-13H2,1-5H3/b20-15+,24-16+. The van der Waals surface area contributed by atoms with Crippen LogP contribution in [-0.4, -0.2) is 59.7 Å². The van der Waals surface area contributed by atoms with Crippen LogP contribution in [0.15, 0.2) is 33.9 Å². The highest BCUT2D eigenvalue weighted by atomic mass is 35.5. The summed E-state index contributed by atoms with van der Waals surface area (Å²) in [7, 11) is 2.17. The third-order valence-corrected chi connectivity index (χ3v) is 5.57. The topological polar surface area (TPSA) is 34.4 Å². The van der Waals surface area contributed by atoms with Gasteiger partial charge in [-0.25, -0.2) is 4.99 Å². The molecule has 0 amide bonds. The van der Waals surface area contributed by atoms with Gasteiger partial charge in [0.2, 0.25) is 5.96 Å². The number of benzene rings is 1. The van der Waals surface area contributed by atoms with Crippen molar-refractivity contribution in [2.24, 2.45) is 10.1 Å². The smallest absolute Gasteiger partial charge is 0.227 e. The summed E-state index contributed by atoms with van der Waals surface area (Å²) in [5, 5.41) is 7.76. The fourth-order valence-electron chi connectivity index (χ4n) is 3.29. The van der Waals surface area contributed by atoms with Crippen LogP contribution in [0.4, 0.5) is 5.69 Å². The lowest BCUT2D eigenvalue weighted by molar-refractivity contribution is 0.203. The van der Waals surface area contributed by atoms with Crippen molar-refractivity contribution >= 4 is 34.7 Å². The van der Waals surface area contributed by atoms with Crippen LogP contribution in [0.1, 0.15) is 46.1 Å². The van der Waals surface area contributed by atoms with Gasteiger partial charge in [0.15, 0.2) is 0 Å². The first-order valence-corrected chi connectivity index (χ1v) is 10.2. The first-order valence-electron chi connectivity index (χ1n) is 9.80. The number of nitrogens with zero attached hydrogens (tertiary/aromatic N) is 5. The Labute approximate surface area is 168 Å². The summed E-state index contributed by atoms with van der Waals surface area (Å²) in [6.45, 7) is 12.5. The molecule has 0 bridgehead atoms. The van der Waals surface area contributed by atoms with Gasteiger partial charge in [0.25, 0.3) is 0 Å². The molecule has 0 N–H and O–H groups in total. The zero-order valence-corrected chi connectivity index (χ0v) is 17.8. The van der Waals surface area contributed by atoms with E-state index >= 15 is 0 Å². The monoisotopic (exact) mass is 387 g/mol. The molecule has 2 heterocycles. The van der Waals surface area contributed by atoms with E-state index in [1.54, 1.807) is 0 Å². The van der Waals surface area contributed by atoms with E-state index in [-0.39, 0.29) is 0 Å². The van der Waals surface area contributed by atoms with E-state index in [0.717, 1.165) is 72.7 Å². The number of hydrogen-bond donors (Lipinski definition) is 0. The summed E-state index contributed by atoms with van der Waals surface area (Å²) in [5.41, 5.74) is 5.52. The second-order valence-electron chi connectivity index (χ2n) is 7.35. The largest absolute Gasteiger partial charge is 0.338 e. The summed E-state index contributed by atoms with van der Waals surface area (Å²) in [6.07, 6.45) is 1.86. The molecule has 0 aliphatic carbocycles. The lowest BCUT2D eigenvalue weighted by atomic mass is 10.0. The highest BCUT2D eigenvalue weighted by Gasteiger charge is 2.31. The highest BCUT2D eigenvalue weighted by molar-refractivity contribution is 6.31. The van der Waals surface area contributed by atoms with E-state index in [4.69, 9.17) is 21.7 Å². The van der Waals surface area contributed by atoms with E-state index in [9.17, 15) is 0 Å². The number of fused-ring (bicyclic) bond motifs is 1. The Kier molecular flexibility index (Phi) is 6.22. The van der Waals surface area contributed by atoms with Gasteiger partial charge < -0.3 is 9.80 Å². The van der Waals surface area contributed by atoms with Crippen molar-refractivity contribution in [2.75, 3.05) is 33.2 Å². The normalized spacial score (nSPS) is 20.5. The number of hydrogen-bond acceptors (Lipinski definition) is 5. The molecule has 0 spiro atoms. The maximum Gasteiger partial charge on any atom is 0.227 e. The van der Waals surface area contributed by atoms with E-state index in [1.807, 2.05) is 18.2 Å². The zero-order valence-electron chi connectivity index (χ0n) is 17.1. The molecule has 0 aromatic heterocycles. The molecular weight excluding hydrogens is 358 g/mol. The highest BCUT2D eigenvalue weighted by Crippen LogP contribution is 2.39. The first-order chi connectivity index (χ1) is 12.9. The molecule has 27 heavy (non-hydrogen) atoms. The molecule has 2 aliphatic heterocycles. The van der Waals surface area contributed by atoms with Crippen LogP contribution < -0.4 is 0 Å². The average Bonchev–Trinajstić information content (AvgIpc) is 2.67. The van der Waals surface area contributed by atoms with E-state index < -0.39 is 0 Å². The van der Waals surface area contributed by atoms with Crippen LogP contribution in [-0.2, 0) is 0 Å². The number of guanidine groups is 1. The molecular formula is C21H30ClN5. The molecule has 0 atom stereocenters. The minimum atomic E-state index is 0.726. The van der Waals surface area contributed by atoms with Gasteiger partial charge in [-0.15, -0.1) is 0 Å². The number of allylic oxidation sites excluding steroid dienone is 1. The van der Waals surface area contributed by atoms with Crippen molar-refractivity contribution in [3.63, 3.8) is 0 Å². The second-order valence-corrected chi connectivity index (χ2v) is 7.78. The van der Waals surface area contributed by atoms with Gasteiger partial charge in [0.1, 0.15) is 0 Å². The molecule has 5 nitrogen and oxygen atoms in total. The maximum atomic E-state index is 6.33. The van der Waals surface area contributed by atoms with Gasteiger partial charge in [-0.3, -0.25) is 0 Å².